The van der Waals surface area contributed by atoms with E-state index in [0.29, 0.717) is 5.02 Å². The fraction of sp³-hybridized carbons (Fsp3) is 0.357. The number of rotatable bonds is 4. The van der Waals surface area contributed by atoms with Crippen LogP contribution in [-0.2, 0) is 10.2 Å². The Morgan fingerprint density at radius 1 is 1.24 bits per heavy atom. The lowest BCUT2D eigenvalue weighted by Crippen LogP contribution is -2.27. The molecule has 0 amide bonds. The quantitative estimate of drug-likeness (QED) is 0.766. The summed E-state index contributed by atoms with van der Waals surface area (Å²) in [5, 5.41) is 0.681. The van der Waals surface area contributed by atoms with E-state index in [1.807, 2.05) is 57.1 Å². The third-order valence-electron chi connectivity index (χ3n) is 2.71. The molecule has 0 aliphatic heterocycles. The minimum absolute atomic E-state index is 0.0773. The maximum Gasteiger partial charge on any atom is 0.167 e. The summed E-state index contributed by atoms with van der Waals surface area (Å²) in [6.07, 6.45) is 3.37. The fourth-order valence-corrected chi connectivity index (χ4v) is 1.56. The number of hydrogen-bond donors (Lipinski definition) is 0. The zero-order chi connectivity index (χ0) is 13.1. The van der Waals surface area contributed by atoms with Crippen molar-refractivity contribution in [3.8, 4) is 0 Å². The van der Waals surface area contributed by atoms with Crippen molar-refractivity contribution in [2.45, 2.75) is 19.3 Å². The van der Waals surface area contributed by atoms with Crippen LogP contribution in [0.5, 0.6) is 0 Å². The first kappa shape index (κ1) is 13.8. The van der Waals surface area contributed by atoms with Gasteiger partial charge in [-0.1, -0.05) is 23.7 Å². The molecule has 1 aromatic carbocycles. The maximum absolute atomic E-state index is 12.1. The lowest BCUT2D eigenvalue weighted by Gasteiger charge is -2.22. The molecule has 0 aliphatic carbocycles. The van der Waals surface area contributed by atoms with Crippen molar-refractivity contribution in [1.82, 2.24) is 4.90 Å². The predicted molar refractivity (Wildman–Crippen MR) is 72.3 cm³/mol. The van der Waals surface area contributed by atoms with E-state index < -0.39 is 5.41 Å². The van der Waals surface area contributed by atoms with E-state index in [9.17, 15) is 4.79 Å². The van der Waals surface area contributed by atoms with Crippen molar-refractivity contribution < 1.29 is 4.79 Å². The molecule has 0 saturated heterocycles. The molecule has 1 aromatic rings. The fourth-order valence-electron chi connectivity index (χ4n) is 1.43. The van der Waals surface area contributed by atoms with E-state index in [2.05, 4.69) is 0 Å². The number of allylic oxidation sites excluding steroid dienone is 1. The molecule has 0 heterocycles. The molecule has 0 spiro atoms. The predicted octanol–water partition coefficient (Wildman–Crippen LogP) is 3.26. The Labute approximate surface area is 108 Å². The highest BCUT2D eigenvalue weighted by Gasteiger charge is 2.27. The molecular formula is C14H18ClNO. The molecular weight excluding hydrogens is 234 g/mol. The molecule has 0 bridgehead atoms. The van der Waals surface area contributed by atoms with Crippen molar-refractivity contribution in [1.29, 1.82) is 0 Å². The third-order valence-corrected chi connectivity index (χ3v) is 2.96. The molecule has 1 rings (SSSR count). The van der Waals surface area contributed by atoms with Gasteiger partial charge in [-0.15, -0.1) is 0 Å². The second kappa shape index (κ2) is 5.37. The second-order valence-electron chi connectivity index (χ2n) is 4.78. The van der Waals surface area contributed by atoms with Gasteiger partial charge in [0.2, 0.25) is 0 Å². The summed E-state index contributed by atoms with van der Waals surface area (Å²) in [6.45, 7) is 3.83. The van der Waals surface area contributed by atoms with Crippen molar-refractivity contribution in [2.24, 2.45) is 0 Å². The molecule has 92 valence electrons. The van der Waals surface area contributed by atoms with Gasteiger partial charge in [0.05, 0.1) is 5.41 Å². The number of benzene rings is 1. The smallest absolute Gasteiger partial charge is 0.167 e. The van der Waals surface area contributed by atoms with Crippen LogP contribution in [0.3, 0.4) is 0 Å². The molecule has 3 heteroatoms. The molecule has 0 atom stereocenters. The highest BCUT2D eigenvalue weighted by Crippen LogP contribution is 2.26. The van der Waals surface area contributed by atoms with E-state index in [0.717, 1.165) is 5.56 Å². The summed E-state index contributed by atoms with van der Waals surface area (Å²) in [6, 6.07) is 7.40. The summed E-state index contributed by atoms with van der Waals surface area (Å²) >= 11 is 5.84. The molecule has 0 unspecified atom stereocenters. The van der Waals surface area contributed by atoms with Gasteiger partial charge in [0, 0.05) is 25.3 Å². The minimum atomic E-state index is -0.531. The standard InChI is InChI=1S/C14H18ClNO/c1-14(2,13(17)9-10-16(3)4)11-5-7-12(15)8-6-11/h5-10H,1-4H3. The summed E-state index contributed by atoms with van der Waals surface area (Å²) in [5.41, 5.74) is 0.437. The van der Waals surface area contributed by atoms with E-state index in [1.54, 1.807) is 12.3 Å². The number of carbonyl (C=O) groups is 1. The van der Waals surface area contributed by atoms with Crippen molar-refractivity contribution in [3.05, 3.63) is 47.1 Å². The van der Waals surface area contributed by atoms with E-state index in [-0.39, 0.29) is 5.78 Å². The summed E-state index contributed by atoms with van der Waals surface area (Å²) in [7, 11) is 3.78. The average Bonchev–Trinajstić information content (AvgIpc) is 2.26. The van der Waals surface area contributed by atoms with Crippen LogP contribution in [0.25, 0.3) is 0 Å². The Bertz CT molecular complexity index is 418. The van der Waals surface area contributed by atoms with Gasteiger partial charge in [0.25, 0.3) is 0 Å². The Morgan fingerprint density at radius 3 is 2.24 bits per heavy atom. The number of nitrogens with zero attached hydrogens (tertiary/aromatic N) is 1. The Morgan fingerprint density at radius 2 is 1.76 bits per heavy atom. The van der Waals surface area contributed by atoms with E-state index >= 15 is 0 Å². The lowest BCUT2D eigenvalue weighted by atomic mass is 9.80. The van der Waals surface area contributed by atoms with Crippen LogP contribution < -0.4 is 0 Å². The maximum atomic E-state index is 12.1. The summed E-state index contributed by atoms with van der Waals surface area (Å²) < 4.78 is 0. The molecule has 0 fully saturated rings. The van der Waals surface area contributed by atoms with Crippen LogP contribution >= 0.6 is 11.6 Å². The normalized spacial score (nSPS) is 11.8. The molecule has 0 aliphatic rings. The Kier molecular flexibility index (Phi) is 4.35. The second-order valence-corrected chi connectivity index (χ2v) is 5.21. The average molecular weight is 252 g/mol. The van der Waals surface area contributed by atoms with Crippen LogP contribution in [0.15, 0.2) is 36.5 Å². The van der Waals surface area contributed by atoms with Gasteiger partial charge in [-0.25, -0.2) is 0 Å². The Balaban J connectivity index is 2.94. The zero-order valence-electron chi connectivity index (χ0n) is 10.7. The molecule has 0 N–H and O–H groups in total. The highest BCUT2D eigenvalue weighted by molar-refractivity contribution is 6.30. The van der Waals surface area contributed by atoms with E-state index in [4.69, 9.17) is 11.6 Å². The van der Waals surface area contributed by atoms with Gasteiger partial charge >= 0.3 is 0 Å². The van der Waals surface area contributed by atoms with Crippen molar-refractivity contribution in [3.63, 3.8) is 0 Å². The van der Waals surface area contributed by atoms with Gasteiger partial charge in [0.15, 0.2) is 5.78 Å². The first-order chi connectivity index (χ1) is 7.84. The highest BCUT2D eigenvalue weighted by atomic mass is 35.5. The molecule has 0 saturated carbocycles. The lowest BCUT2D eigenvalue weighted by molar-refractivity contribution is -0.118. The first-order valence-corrected chi connectivity index (χ1v) is 5.87. The van der Waals surface area contributed by atoms with Crippen LogP contribution in [-0.4, -0.2) is 24.8 Å². The van der Waals surface area contributed by atoms with Crippen LogP contribution in [0.4, 0.5) is 0 Å². The summed E-state index contributed by atoms with van der Waals surface area (Å²) in [5.74, 6) is 0.0773. The number of carbonyl (C=O) groups excluding carboxylic acids is 1. The Hall–Kier alpha value is -1.28. The minimum Gasteiger partial charge on any atom is -0.383 e. The van der Waals surface area contributed by atoms with Crippen LogP contribution in [0.1, 0.15) is 19.4 Å². The molecule has 0 aromatic heterocycles. The SMILES string of the molecule is CN(C)C=CC(=O)C(C)(C)c1ccc(Cl)cc1. The van der Waals surface area contributed by atoms with Gasteiger partial charge in [-0.3, -0.25) is 4.79 Å². The zero-order valence-corrected chi connectivity index (χ0v) is 11.5. The molecule has 2 nitrogen and oxygen atoms in total. The molecule has 0 radical (unpaired) electrons. The van der Waals surface area contributed by atoms with Gasteiger partial charge in [-0.2, -0.15) is 0 Å². The monoisotopic (exact) mass is 251 g/mol. The van der Waals surface area contributed by atoms with Gasteiger partial charge in [0.1, 0.15) is 0 Å². The first-order valence-electron chi connectivity index (χ1n) is 5.49. The number of ketones is 1. The third kappa shape index (κ3) is 3.60. The number of hydrogen-bond acceptors (Lipinski definition) is 2. The number of halogens is 1. The van der Waals surface area contributed by atoms with E-state index in [1.165, 1.54) is 0 Å². The van der Waals surface area contributed by atoms with Crippen LogP contribution in [0, 0.1) is 0 Å². The summed E-state index contributed by atoms with van der Waals surface area (Å²) in [4.78, 5) is 14.0. The van der Waals surface area contributed by atoms with Crippen molar-refractivity contribution in [2.75, 3.05) is 14.1 Å². The van der Waals surface area contributed by atoms with Crippen LogP contribution in [0.2, 0.25) is 5.02 Å². The largest absolute Gasteiger partial charge is 0.383 e. The van der Waals surface area contributed by atoms with Gasteiger partial charge < -0.3 is 4.90 Å². The van der Waals surface area contributed by atoms with Gasteiger partial charge in [-0.05, 0) is 37.6 Å². The molecule has 17 heavy (non-hydrogen) atoms. The topological polar surface area (TPSA) is 20.3 Å². The van der Waals surface area contributed by atoms with Crippen molar-refractivity contribution >= 4 is 17.4 Å².